The molecule has 0 aliphatic heterocycles. The van der Waals surface area contributed by atoms with Crippen LogP contribution < -0.4 is 5.32 Å². The minimum Gasteiger partial charge on any atom is -0.317 e. The Morgan fingerprint density at radius 1 is 1.47 bits per heavy atom. The molecule has 1 aliphatic carbocycles. The van der Waals surface area contributed by atoms with Gasteiger partial charge in [0.25, 0.3) is 0 Å². The van der Waals surface area contributed by atoms with Crippen molar-refractivity contribution in [2.45, 2.75) is 58.0 Å². The third-order valence-corrected chi connectivity index (χ3v) is 4.01. The van der Waals surface area contributed by atoms with Gasteiger partial charge >= 0.3 is 0 Å². The highest BCUT2D eigenvalue weighted by molar-refractivity contribution is 4.88. The van der Waals surface area contributed by atoms with Crippen LogP contribution in [0.2, 0.25) is 0 Å². The summed E-state index contributed by atoms with van der Waals surface area (Å²) in [7, 11) is 2.09. The number of hydrogen-bond donors (Lipinski definition) is 1. The quantitative estimate of drug-likeness (QED) is 0.821. The van der Waals surface area contributed by atoms with Crippen LogP contribution in [0.3, 0.4) is 0 Å². The van der Waals surface area contributed by atoms with Crippen LogP contribution in [-0.2, 0) is 13.0 Å². The molecule has 0 amide bonds. The molecule has 1 heterocycles. The average Bonchev–Trinajstić information content (AvgIpc) is 2.99. The van der Waals surface area contributed by atoms with Gasteiger partial charge in [0.15, 0.2) is 0 Å². The van der Waals surface area contributed by atoms with Crippen molar-refractivity contribution in [2.24, 2.45) is 5.92 Å². The third kappa shape index (κ3) is 3.06. The molecule has 1 fully saturated rings. The summed E-state index contributed by atoms with van der Waals surface area (Å²) in [5, 5.41) is 7.71. The molecule has 4 heteroatoms. The molecule has 0 aromatic carbocycles. The van der Waals surface area contributed by atoms with E-state index in [-0.39, 0.29) is 0 Å². The Morgan fingerprint density at radius 3 is 2.88 bits per heavy atom. The van der Waals surface area contributed by atoms with Crippen LogP contribution >= 0.6 is 0 Å². The maximum absolute atomic E-state index is 4.34. The molecule has 1 N–H and O–H groups in total. The molecule has 1 saturated carbocycles. The highest BCUT2D eigenvalue weighted by Crippen LogP contribution is 2.29. The molecule has 0 radical (unpaired) electrons. The van der Waals surface area contributed by atoms with Gasteiger partial charge in [-0.3, -0.25) is 4.68 Å². The maximum atomic E-state index is 4.34. The van der Waals surface area contributed by atoms with Crippen molar-refractivity contribution in [1.29, 1.82) is 0 Å². The summed E-state index contributed by atoms with van der Waals surface area (Å²) in [6.07, 6.45) is 9.50. The van der Waals surface area contributed by atoms with E-state index in [1.807, 2.05) is 4.68 Å². The first-order valence-corrected chi connectivity index (χ1v) is 6.89. The zero-order chi connectivity index (χ0) is 12.1. The van der Waals surface area contributed by atoms with Crippen molar-refractivity contribution < 1.29 is 0 Å². The molecule has 0 saturated heterocycles. The van der Waals surface area contributed by atoms with Crippen LogP contribution in [-0.4, -0.2) is 27.9 Å². The van der Waals surface area contributed by atoms with Crippen molar-refractivity contribution in [3.8, 4) is 0 Å². The number of aryl methyl sites for hydroxylation is 2. The van der Waals surface area contributed by atoms with Gasteiger partial charge in [-0.2, -0.15) is 5.10 Å². The first-order chi connectivity index (χ1) is 8.35. The van der Waals surface area contributed by atoms with E-state index in [4.69, 9.17) is 0 Å². The molecule has 0 bridgehead atoms. The standard InChI is InChI=1S/C13H24N4/c1-3-17-13(15-10-16-17)9-8-12(14-2)11-6-4-5-7-11/h10-12,14H,3-9H2,1-2H3. The lowest BCUT2D eigenvalue weighted by Gasteiger charge is -2.22. The SMILES string of the molecule is CCn1ncnc1CCC(NC)C1CCCC1. The average molecular weight is 236 g/mol. The summed E-state index contributed by atoms with van der Waals surface area (Å²) in [6, 6.07) is 0.652. The van der Waals surface area contributed by atoms with E-state index in [9.17, 15) is 0 Å². The van der Waals surface area contributed by atoms with Crippen LogP contribution in [0.25, 0.3) is 0 Å². The van der Waals surface area contributed by atoms with Gasteiger partial charge in [0.1, 0.15) is 12.2 Å². The second kappa shape index (κ2) is 6.15. The highest BCUT2D eigenvalue weighted by atomic mass is 15.3. The number of nitrogens with one attached hydrogen (secondary N) is 1. The van der Waals surface area contributed by atoms with Crippen LogP contribution in [0.1, 0.15) is 44.9 Å². The van der Waals surface area contributed by atoms with E-state index in [2.05, 4.69) is 29.4 Å². The molecule has 0 spiro atoms. The van der Waals surface area contributed by atoms with Gasteiger partial charge in [-0.25, -0.2) is 4.98 Å². The van der Waals surface area contributed by atoms with Gasteiger partial charge in [-0.15, -0.1) is 0 Å². The zero-order valence-corrected chi connectivity index (χ0v) is 11.0. The Balaban J connectivity index is 1.87. The number of hydrogen-bond acceptors (Lipinski definition) is 3. The van der Waals surface area contributed by atoms with E-state index < -0.39 is 0 Å². The van der Waals surface area contributed by atoms with Gasteiger partial charge in [0.2, 0.25) is 0 Å². The summed E-state index contributed by atoms with van der Waals surface area (Å²) < 4.78 is 2.00. The third-order valence-electron chi connectivity index (χ3n) is 4.01. The highest BCUT2D eigenvalue weighted by Gasteiger charge is 2.23. The molecule has 1 atom stereocenters. The predicted molar refractivity (Wildman–Crippen MR) is 68.8 cm³/mol. The lowest BCUT2D eigenvalue weighted by molar-refractivity contribution is 0.356. The Bertz CT molecular complexity index is 328. The maximum Gasteiger partial charge on any atom is 0.138 e. The largest absolute Gasteiger partial charge is 0.317 e. The fourth-order valence-electron chi connectivity index (χ4n) is 3.01. The van der Waals surface area contributed by atoms with Crippen LogP contribution in [0.5, 0.6) is 0 Å². The fraction of sp³-hybridized carbons (Fsp3) is 0.846. The molecular weight excluding hydrogens is 212 g/mol. The van der Waals surface area contributed by atoms with Crippen molar-refractivity contribution in [3.05, 3.63) is 12.2 Å². The monoisotopic (exact) mass is 236 g/mol. The Kier molecular flexibility index (Phi) is 4.54. The summed E-state index contributed by atoms with van der Waals surface area (Å²) in [4.78, 5) is 4.34. The van der Waals surface area contributed by atoms with E-state index in [0.717, 1.165) is 24.7 Å². The fourth-order valence-corrected chi connectivity index (χ4v) is 3.01. The molecular formula is C13H24N4. The van der Waals surface area contributed by atoms with Crippen molar-refractivity contribution in [2.75, 3.05) is 7.05 Å². The van der Waals surface area contributed by atoms with Gasteiger partial charge in [-0.1, -0.05) is 12.8 Å². The zero-order valence-electron chi connectivity index (χ0n) is 11.0. The van der Waals surface area contributed by atoms with Gasteiger partial charge in [-0.05, 0) is 39.2 Å². The molecule has 4 nitrogen and oxygen atoms in total. The van der Waals surface area contributed by atoms with Gasteiger partial charge in [0, 0.05) is 19.0 Å². The second-order valence-electron chi connectivity index (χ2n) is 4.97. The summed E-state index contributed by atoms with van der Waals surface area (Å²) in [5.74, 6) is 2.00. The smallest absolute Gasteiger partial charge is 0.138 e. The summed E-state index contributed by atoms with van der Waals surface area (Å²) >= 11 is 0. The van der Waals surface area contributed by atoms with Gasteiger partial charge < -0.3 is 5.32 Å². The first kappa shape index (κ1) is 12.6. The Morgan fingerprint density at radius 2 is 2.24 bits per heavy atom. The van der Waals surface area contributed by atoms with E-state index in [0.29, 0.717) is 6.04 Å². The molecule has 2 rings (SSSR count). The normalized spacial score (nSPS) is 18.7. The van der Waals surface area contributed by atoms with Crippen molar-refractivity contribution in [3.63, 3.8) is 0 Å². The summed E-state index contributed by atoms with van der Waals surface area (Å²) in [5.41, 5.74) is 0. The molecule has 1 aliphatic rings. The van der Waals surface area contributed by atoms with E-state index in [1.165, 1.54) is 32.1 Å². The first-order valence-electron chi connectivity index (χ1n) is 6.89. The molecule has 1 aromatic heterocycles. The van der Waals surface area contributed by atoms with Crippen molar-refractivity contribution >= 4 is 0 Å². The van der Waals surface area contributed by atoms with Crippen LogP contribution in [0.4, 0.5) is 0 Å². The predicted octanol–water partition coefficient (Wildman–Crippen LogP) is 2.01. The Labute approximate surface area is 104 Å². The molecule has 1 unspecified atom stereocenters. The number of aromatic nitrogens is 3. The van der Waals surface area contributed by atoms with Gasteiger partial charge in [0.05, 0.1) is 0 Å². The van der Waals surface area contributed by atoms with E-state index in [1.54, 1.807) is 6.33 Å². The molecule has 96 valence electrons. The summed E-state index contributed by atoms with van der Waals surface area (Å²) in [6.45, 7) is 3.04. The lowest BCUT2D eigenvalue weighted by atomic mass is 9.94. The van der Waals surface area contributed by atoms with Crippen molar-refractivity contribution in [1.82, 2.24) is 20.1 Å². The van der Waals surface area contributed by atoms with Crippen LogP contribution in [0.15, 0.2) is 6.33 Å². The second-order valence-corrected chi connectivity index (χ2v) is 4.97. The molecule has 17 heavy (non-hydrogen) atoms. The molecule has 1 aromatic rings. The minimum atomic E-state index is 0.652. The Hall–Kier alpha value is -0.900. The number of rotatable bonds is 6. The number of nitrogens with zero attached hydrogens (tertiary/aromatic N) is 3. The van der Waals surface area contributed by atoms with Crippen LogP contribution in [0, 0.1) is 5.92 Å². The van der Waals surface area contributed by atoms with E-state index >= 15 is 0 Å². The minimum absolute atomic E-state index is 0.652. The topological polar surface area (TPSA) is 42.7 Å². The lowest BCUT2D eigenvalue weighted by Crippen LogP contribution is -2.33.